The Morgan fingerprint density at radius 1 is 1.00 bits per heavy atom. The molecule has 0 fully saturated rings. The largest absolute Gasteiger partial charge is 0.489 e. The maximum atomic E-state index is 12.7. The van der Waals surface area contributed by atoms with Crippen molar-refractivity contribution in [2.45, 2.75) is 30.7 Å². The van der Waals surface area contributed by atoms with Gasteiger partial charge >= 0.3 is 0 Å². The Balaban J connectivity index is 1.61. The number of amides is 1. The van der Waals surface area contributed by atoms with Crippen molar-refractivity contribution in [1.29, 1.82) is 0 Å². The number of thiophene rings is 1. The van der Waals surface area contributed by atoms with E-state index in [0.29, 0.717) is 18.0 Å². The lowest BCUT2D eigenvalue weighted by Gasteiger charge is -2.21. The molecule has 1 heterocycles. The maximum Gasteiger partial charge on any atom is 0.250 e. The van der Waals surface area contributed by atoms with Crippen LogP contribution in [0.5, 0.6) is 5.75 Å². The van der Waals surface area contributed by atoms with Crippen LogP contribution >= 0.6 is 11.3 Å². The van der Waals surface area contributed by atoms with Gasteiger partial charge in [-0.3, -0.25) is 4.79 Å². The van der Waals surface area contributed by atoms with Crippen LogP contribution in [-0.2, 0) is 21.4 Å². The van der Waals surface area contributed by atoms with Crippen LogP contribution in [0.4, 0.5) is 5.69 Å². The molecule has 0 spiro atoms. The minimum atomic E-state index is -3.75. The molecule has 2 aromatic carbocycles. The minimum absolute atomic E-state index is 0.181. The third-order valence-corrected chi connectivity index (χ3v) is 7.20. The van der Waals surface area contributed by atoms with Gasteiger partial charge in [-0.2, -0.15) is 4.72 Å². The summed E-state index contributed by atoms with van der Waals surface area (Å²) in [6, 6.07) is 19.1. The van der Waals surface area contributed by atoms with Gasteiger partial charge in [0.15, 0.2) is 0 Å². The molecule has 30 heavy (non-hydrogen) atoms. The number of ether oxygens (including phenoxy) is 1. The Kier molecular flexibility index (Phi) is 7.25. The Bertz CT molecular complexity index is 1050. The SMILES string of the molecule is CC(C)[C@@H](NS(=O)(=O)c1cccs1)C(=O)Nc1ccc(OCc2ccccc2)cc1. The molecule has 0 saturated heterocycles. The summed E-state index contributed by atoms with van der Waals surface area (Å²) in [5.41, 5.74) is 1.63. The van der Waals surface area contributed by atoms with Crippen molar-refractivity contribution in [3.8, 4) is 5.75 Å². The number of carbonyl (C=O) groups is 1. The monoisotopic (exact) mass is 444 g/mol. The van der Waals surface area contributed by atoms with Crippen LogP contribution in [0.25, 0.3) is 0 Å². The van der Waals surface area contributed by atoms with E-state index in [4.69, 9.17) is 4.74 Å². The molecule has 158 valence electrons. The van der Waals surface area contributed by atoms with Crippen molar-refractivity contribution in [1.82, 2.24) is 4.72 Å². The molecule has 0 aliphatic heterocycles. The molecule has 0 aliphatic carbocycles. The van der Waals surface area contributed by atoms with E-state index in [9.17, 15) is 13.2 Å². The summed E-state index contributed by atoms with van der Waals surface area (Å²) in [5, 5.41) is 4.46. The van der Waals surface area contributed by atoms with Crippen LogP contribution in [0.2, 0.25) is 0 Å². The fourth-order valence-electron chi connectivity index (χ4n) is 2.73. The molecule has 0 unspecified atom stereocenters. The topological polar surface area (TPSA) is 84.5 Å². The van der Waals surface area contributed by atoms with E-state index in [0.717, 1.165) is 16.9 Å². The zero-order valence-corrected chi connectivity index (χ0v) is 18.4. The predicted molar refractivity (Wildman–Crippen MR) is 119 cm³/mol. The van der Waals surface area contributed by atoms with Crippen molar-refractivity contribution in [2.24, 2.45) is 5.92 Å². The average molecular weight is 445 g/mol. The van der Waals surface area contributed by atoms with Gasteiger partial charge in [0.05, 0.1) is 0 Å². The van der Waals surface area contributed by atoms with Crippen molar-refractivity contribution in [3.05, 3.63) is 77.7 Å². The van der Waals surface area contributed by atoms with E-state index in [1.54, 1.807) is 49.6 Å². The molecule has 6 nitrogen and oxygen atoms in total. The third-order valence-electron chi connectivity index (χ3n) is 4.36. The fourth-order valence-corrected chi connectivity index (χ4v) is 5.08. The van der Waals surface area contributed by atoms with E-state index >= 15 is 0 Å². The maximum absolute atomic E-state index is 12.7. The summed E-state index contributed by atoms with van der Waals surface area (Å²) in [7, 11) is -3.75. The molecule has 8 heteroatoms. The highest BCUT2D eigenvalue weighted by Crippen LogP contribution is 2.20. The van der Waals surface area contributed by atoms with E-state index in [2.05, 4.69) is 10.0 Å². The van der Waals surface area contributed by atoms with Gasteiger partial charge < -0.3 is 10.1 Å². The van der Waals surface area contributed by atoms with Crippen molar-refractivity contribution in [3.63, 3.8) is 0 Å². The number of rotatable bonds is 9. The van der Waals surface area contributed by atoms with E-state index in [1.807, 2.05) is 30.3 Å². The Morgan fingerprint density at radius 3 is 2.30 bits per heavy atom. The van der Waals surface area contributed by atoms with Crippen molar-refractivity contribution < 1.29 is 17.9 Å². The minimum Gasteiger partial charge on any atom is -0.489 e. The number of carbonyl (C=O) groups excluding carboxylic acids is 1. The first-order chi connectivity index (χ1) is 14.3. The second kappa shape index (κ2) is 9.88. The summed E-state index contributed by atoms with van der Waals surface area (Å²) in [5.74, 6) is 0.0342. The van der Waals surface area contributed by atoms with Crippen LogP contribution in [-0.4, -0.2) is 20.4 Å². The molecule has 3 rings (SSSR count). The zero-order valence-electron chi connectivity index (χ0n) is 16.7. The highest BCUT2D eigenvalue weighted by molar-refractivity contribution is 7.91. The van der Waals surface area contributed by atoms with Gasteiger partial charge in [-0.25, -0.2) is 8.42 Å². The fraction of sp³-hybridized carbons (Fsp3) is 0.227. The molecular formula is C22H24N2O4S2. The predicted octanol–water partition coefficient (Wildman–Crippen LogP) is 4.27. The van der Waals surface area contributed by atoms with Gasteiger partial charge in [0, 0.05) is 5.69 Å². The molecular weight excluding hydrogens is 420 g/mol. The first-order valence-corrected chi connectivity index (χ1v) is 11.8. The molecule has 0 aliphatic rings. The highest BCUT2D eigenvalue weighted by atomic mass is 32.2. The normalized spacial score (nSPS) is 12.5. The molecule has 1 aromatic heterocycles. The summed E-state index contributed by atoms with van der Waals surface area (Å²) in [6.07, 6.45) is 0. The lowest BCUT2D eigenvalue weighted by Crippen LogP contribution is -2.46. The first kappa shape index (κ1) is 22.0. The summed E-state index contributed by atoms with van der Waals surface area (Å²) in [6.45, 7) is 4.04. The zero-order chi connectivity index (χ0) is 21.6. The Morgan fingerprint density at radius 2 is 1.70 bits per heavy atom. The van der Waals surface area contributed by atoms with E-state index in [-0.39, 0.29) is 10.1 Å². The summed E-state index contributed by atoms with van der Waals surface area (Å²) >= 11 is 1.11. The van der Waals surface area contributed by atoms with Crippen molar-refractivity contribution >= 4 is 33.0 Å². The Hall–Kier alpha value is -2.68. The van der Waals surface area contributed by atoms with Gasteiger partial charge in [0.1, 0.15) is 22.6 Å². The van der Waals surface area contributed by atoms with Crippen molar-refractivity contribution in [2.75, 3.05) is 5.32 Å². The molecule has 0 saturated carbocycles. The van der Waals surface area contributed by atoms with Gasteiger partial charge in [-0.15, -0.1) is 11.3 Å². The first-order valence-electron chi connectivity index (χ1n) is 9.48. The Labute approximate surface area is 181 Å². The van der Waals surface area contributed by atoms with Gasteiger partial charge in [0.25, 0.3) is 10.0 Å². The van der Waals surface area contributed by atoms with Crippen LogP contribution in [0.15, 0.2) is 76.3 Å². The molecule has 3 aromatic rings. The van der Waals surface area contributed by atoms with E-state index < -0.39 is 22.0 Å². The van der Waals surface area contributed by atoms with Crippen LogP contribution < -0.4 is 14.8 Å². The highest BCUT2D eigenvalue weighted by Gasteiger charge is 2.28. The lowest BCUT2D eigenvalue weighted by molar-refractivity contribution is -0.118. The number of hydrogen-bond acceptors (Lipinski definition) is 5. The lowest BCUT2D eigenvalue weighted by atomic mass is 10.0. The summed E-state index contributed by atoms with van der Waals surface area (Å²) in [4.78, 5) is 12.7. The summed E-state index contributed by atoms with van der Waals surface area (Å²) < 4.78 is 33.4. The number of anilines is 1. The molecule has 1 atom stereocenters. The second-order valence-corrected chi connectivity index (χ2v) is 9.95. The van der Waals surface area contributed by atoms with Crippen LogP contribution in [0.3, 0.4) is 0 Å². The average Bonchev–Trinajstić information content (AvgIpc) is 3.28. The number of sulfonamides is 1. The number of benzene rings is 2. The smallest absolute Gasteiger partial charge is 0.250 e. The van der Waals surface area contributed by atoms with Crippen LogP contribution in [0, 0.1) is 5.92 Å². The quantitative estimate of drug-likeness (QED) is 0.516. The third kappa shape index (κ3) is 5.91. The van der Waals surface area contributed by atoms with E-state index in [1.165, 1.54) is 6.07 Å². The van der Waals surface area contributed by atoms with Gasteiger partial charge in [-0.1, -0.05) is 50.2 Å². The number of hydrogen-bond donors (Lipinski definition) is 2. The second-order valence-electron chi connectivity index (χ2n) is 7.06. The number of nitrogens with one attached hydrogen (secondary N) is 2. The molecule has 2 N–H and O–H groups in total. The molecule has 0 bridgehead atoms. The standard InChI is InChI=1S/C22H24N2O4S2/c1-16(2)21(24-30(26,27)20-9-6-14-29-20)22(25)23-18-10-12-19(13-11-18)28-15-17-7-4-3-5-8-17/h3-14,16,21,24H,15H2,1-2H3,(H,23,25)/t21-/m1/s1. The van der Waals surface area contributed by atoms with Gasteiger partial charge in [0.2, 0.25) is 5.91 Å². The molecule has 1 amide bonds. The van der Waals surface area contributed by atoms with Crippen LogP contribution in [0.1, 0.15) is 19.4 Å². The molecule has 0 radical (unpaired) electrons. The van der Waals surface area contributed by atoms with Gasteiger partial charge in [-0.05, 0) is 47.2 Å².